The summed E-state index contributed by atoms with van der Waals surface area (Å²) in [6.07, 6.45) is 47.0. The molecule has 2 aliphatic heterocycles. The Balaban J connectivity index is 1.72. The topological polar surface area (TPSA) is 77.6 Å². The number of aliphatic hydroxyl groups excluding tert-OH is 1. The SMILES string of the molecule is CCCCCCC(CCCCCC)c1c2nc(c(C(CCCCCC)CCCCCC)c3ccc([nH]3)c(-c3ccc(CO)cc3)c3ccc([nH]3)c(C(CCCCCC)CCCCCC)c3nc1C=C3)C=C2. The summed E-state index contributed by atoms with van der Waals surface area (Å²) >= 11 is 0. The van der Waals surface area contributed by atoms with Gasteiger partial charge in [0.1, 0.15) is 0 Å². The normalized spacial score (nSPS) is 12.5. The molecule has 5 nitrogen and oxygen atoms in total. The van der Waals surface area contributed by atoms with Crippen LogP contribution >= 0.6 is 0 Å². The lowest BCUT2D eigenvalue weighted by Crippen LogP contribution is -2.06. The first-order chi connectivity index (χ1) is 35.0. The van der Waals surface area contributed by atoms with Crippen molar-refractivity contribution in [3.05, 3.63) is 93.6 Å². The van der Waals surface area contributed by atoms with E-state index < -0.39 is 0 Å². The van der Waals surface area contributed by atoms with Crippen molar-refractivity contribution in [2.45, 2.75) is 259 Å². The lowest BCUT2D eigenvalue weighted by atomic mass is 9.86. The maximum absolute atomic E-state index is 10.1. The molecule has 0 atom stereocenters. The highest BCUT2D eigenvalue weighted by molar-refractivity contribution is 5.94. The zero-order valence-corrected chi connectivity index (χ0v) is 45.9. The zero-order valence-electron chi connectivity index (χ0n) is 45.9. The molecule has 0 saturated carbocycles. The molecule has 3 aromatic heterocycles. The van der Waals surface area contributed by atoms with Crippen molar-refractivity contribution in [1.29, 1.82) is 0 Å². The van der Waals surface area contributed by atoms with Crippen molar-refractivity contribution in [3.63, 3.8) is 0 Å². The quantitative estimate of drug-likeness (QED) is 0.0347. The average Bonchev–Trinajstić information content (AvgIpc) is 4.25. The summed E-state index contributed by atoms with van der Waals surface area (Å²) in [7, 11) is 0. The summed E-state index contributed by atoms with van der Waals surface area (Å²) in [6, 6.07) is 17.9. The number of unbranched alkanes of at least 4 members (excludes halogenated alkanes) is 18. The largest absolute Gasteiger partial charge is 0.392 e. The molecule has 1 aromatic carbocycles. The Kier molecular flexibility index (Phi) is 24.8. The molecule has 0 unspecified atom stereocenters. The molecule has 3 N–H and O–H groups in total. The molecule has 0 saturated heterocycles. The van der Waals surface area contributed by atoms with E-state index in [1.54, 1.807) is 0 Å². The summed E-state index contributed by atoms with van der Waals surface area (Å²) < 4.78 is 0. The maximum Gasteiger partial charge on any atom is 0.0694 e. The van der Waals surface area contributed by atoms with Gasteiger partial charge in [-0.2, -0.15) is 0 Å². The minimum atomic E-state index is 0.0300. The maximum atomic E-state index is 10.1. The number of nitrogens with zero attached hydrogens (tertiary/aromatic N) is 2. The van der Waals surface area contributed by atoms with Crippen LogP contribution in [-0.4, -0.2) is 25.0 Å². The second kappa shape index (κ2) is 31.4. The Morgan fingerprint density at radius 2 is 0.648 bits per heavy atom. The lowest BCUT2D eigenvalue weighted by Gasteiger charge is -2.20. The average molecular weight is 964 g/mol. The van der Waals surface area contributed by atoms with Gasteiger partial charge >= 0.3 is 0 Å². The second-order valence-corrected chi connectivity index (χ2v) is 21.7. The summed E-state index contributed by atoms with van der Waals surface area (Å²) in [4.78, 5) is 20.0. The molecule has 0 amide bonds. The van der Waals surface area contributed by atoms with Gasteiger partial charge in [-0.1, -0.05) is 220 Å². The number of fused-ring (bicyclic) bond motifs is 8. The van der Waals surface area contributed by atoms with Gasteiger partial charge in [0.25, 0.3) is 0 Å². The molecule has 71 heavy (non-hydrogen) atoms. The van der Waals surface area contributed by atoms with Crippen LogP contribution < -0.4 is 0 Å². The third-order valence-corrected chi connectivity index (χ3v) is 16.0. The number of hydrogen-bond donors (Lipinski definition) is 3. The summed E-state index contributed by atoms with van der Waals surface area (Å²) in [5.74, 6) is 1.20. The summed E-state index contributed by atoms with van der Waals surface area (Å²) in [6.45, 7) is 14.0. The number of benzene rings is 1. The standard InChI is InChI=1S/C66H98N4O/c1-7-13-19-25-31-51(32-26-20-14-8-2)63-55-41-43-57(67-55)64(52(33-27-21-15-9-3)34-28-22-16-10-4)59-45-47-61(69-59)66(54-39-37-50(49-71)38-40-54)62-48-46-60(70-62)65(58-44-42-56(63)68-58)53(35-29-23-17-11-5)36-30-24-18-12-6/h37-48,51-53,69-71H,7-36,49H2,1-6H3. The van der Waals surface area contributed by atoms with Gasteiger partial charge in [0.05, 0.1) is 29.4 Å². The number of aromatic amines is 2. The number of aliphatic hydroxyl groups is 1. The summed E-state index contributed by atoms with van der Waals surface area (Å²) in [5.41, 5.74) is 16.5. The number of H-pyrrole nitrogens is 2. The Hall–Kier alpha value is -4.22. The highest BCUT2D eigenvalue weighted by atomic mass is 16.3. The van der Waals surface area contributed by atoms with E-state index in [1.165, 1.54) is 220 Å². The molecule has 0 fully saturated rings. The fourth-order valence-corrected chi connectivity index (χ4v) is 11.8. The van der Waals surface area contributed by atoms with Gasteiger partial charge < -0.3 is 15.1 Å². The lowest BCUT2D eigenvalue weighted by molar-refractivity contribution is 0.282. The molecule has 388 valence electrons. The zero-order chi connectivity index (χ0) is 50.0. The van der Waals surface area contributed by atoms with Gasteiger partial charge in [-0.05, 0) is 116 Å². The van der Waals surface area contributed by atoms with E-state index in [4.69, 9.17) is 9.97 Å². The van der Waals surface area contributed by atoms with Crippen LogP contribution in [0.4, 0.5) is 0 Å². The van der Waals surface area contributed by atoms with Crippen LogP contribution in [0.1, 0.15) is 297 Å². The smallest absolute Gasteiger partial charge is 0.0694 e. The predicted octanol–water partition coefficient (Wildman–Crippen LogP) is 20.9. The Morgan fingerprint density at radius 1 is 0.352 bits per heavy atom. The van der Waals surface area contributed by atoms with Crippen LogP contribution in [0.3, 0.4) is 0 Å². The van der Waals surface area contributed by atoms with E-state index >= 15 is 0 Å². The molecular weight excluding hydrogens is 865 g/mol. The number of rotatable bonds is 35. The Labute approximate surface area is 432 Å². The second-order valence-electron chi connectivity index (χ2n) is 21.7. The first kappa shape index (κ1) is 56.1. The van der Waals surface area contributed by atoms with Crippen molar-refractivity contribution < 1.29 is 5.11 Å². The fourth-order valence-electron chi connectivity index (χ4n) is 11.8. The van der Waals surface area contributed by atoms with E-state index in [2.05, 4.69) is 124 Å². The minimum absolute atomic E-state index is 0.0300. The van der Waals surface area contributed by atoms with E-state index in [0.717, 1.165) is 50.5 Å². The van der Waals surface area contributed by atoms with E-state index in [-0.39, 0.29) is 6.61 Å². The molecule has 8 bridgehead atoms. The van der Waals surface area contributed by atoms with Crippen molar-refractivity contribution >= 4 is 46.4 Å². The van der Waals surface area contributed by atoms with Crippen molar-refractivity contribution in [1.82, 2.24) is 19.9 Å². The molecule has 6 rings (SSSR count). The molecule has 2 aliphatic rings. The molecule has 0 radical (unpaired) electrons. The monoisotopic (exact) mass is 963 g/mol. The van der Waals surface area contributed by atoms with Gasteiger partial charge in [0.15, 0.2) is 0 Å². The molecule has 0 spiro atoms. The number of nitrogens with one attached hydrogen (secondary N) is 2. The van der Waals surface area contributed by atoms with Crippen LogP contribution in [0, 0.1) is 0 Å². The summed E-state index contributed by atoms with van der Waals surface area (Å²) in [5, 5.41) is 10.1. The van der Waals surface area contributed by atoms with Crippen LogP contribution in [0.2, 0.25) is 0 Å². The minimum Gasteiger partial charge on any atom is -0.392 e. The highest BCUT2D eigenvalue weighted by Crippen LogP contribution is 2.42. The molecule has 5 heterocycles. The molecule has 0 aliphatic carbocycles. The van der Waals surface area contributed by atoms with Gasteiger partial charge in [-0.15, -0.1) is 0 Å². The third-order valence-electron chi connectivity index (χ3n) is 16.0. The van der Waals surface area contributed by atoms with Crippen molar-refractivity contribution in [2.75, 3.05) is 0 Å². The Bertz CT molecular complexity index is 2220. The first-order valence-corrected chi connectivity index (χ1v) is 29.8. The van der Waals surface area contributed by atoms with Crippen LogP contribution in [-0.2, 0) is 6.61 Å². The highest BCUT2D eigenvalue weighted by Gasteiger charge is 2.26. The Morgan fingerprint density at radius 3 is 0.958 bits per heavy atom. The van der Waals surface area contributed by atoms with Gasteiger partial charge in [-0.3, -0.25) is 0 Å². The van der Waals surface area contributed by atoms with Crippen LogP contribution in [0.5, 0.6) is 0 Å². The van der Waals surface area contributed by atoms with E-state index in [1.807, 2.05) is 0 Å². The molecular formula is C66H98N4O. The fraction of sp³-hybridized carbons (Fsp3) is 0.606. The van der Waals surface area contributed by atoms with E-state index in [0.29, 0.717) is 17.8 Å². The molecule has 4 aromatic rings. The third kappa shape index (κ3) is 16.4. The predicted molar refractivity (Wildman–Crippen MR) is 311 cm³/mol. The van der Waals surface area contributed by atoms with Crippen LogP contribution in [0.25, 0.3) is 57.5 Å². The van der Waals surface area contributed by atoms with Crippen molar-refractivity contribution in [2.24, 2.45) is 0 Å². The van der Waals surface area contributed by atoms with Gasteiger partial charge in [-0.25, -0.2) is 9.97 Å². The first-order valence-electron chi connectivity index (χ1n) is 29.8. The van der Waals surface area contributed by atoms with Crippen LogP contribution in [0.15, 0.2) is 48.5 Å². The van der Waals surface area contributed by atoms with Crippen molar-refractivity contribution in [3.8, 4) is 11.1 Å². The number of hydrogen-bond acceptors (Lipinski definition) is 3. The molecule has 5 heteroatoms. The van der Waals surface area contributed by atoms with Gasteiger partial charge in [0, 0.05) is 44.3 Å². The van der Waals surface area contributed by atoms with Gasteiger partial charge in [0.2, 0.25) is 0 Å². The van der Waals surface area contributed by atoms with E-state index in [9.17, 15) is 5.11 Å². The number of aromatic nitrogens is 4.